The summed E-state index contributed by atoms with van der Waals surface area (Å²) in [6.45, 7) is 36.0. The zero-order valence-electron chi connectivity index (χ0n) is 42.5. The van der Waals surface area contributed by atoms with E-state index in [4.69, 9.17) is 14.2 Å². The summed E-state index contributed by atoms with van der Waals surface area (Å²) in [4.78, 5) is 55.7. The zero-order chi connectivity index (χ0) is 49.4. The predicted molar refractivity (Wildman–Crippen MR) is 244 cm³/mol. The van der Waals surface area contributed by atoms with Crippen LogP contribution in [0.5, 0.6) is 0 Å². The van der Waals surface area contributed by atoms with Gasteiger partial charge in [0.1, 0.15) is 31.0 Å². The van der Waals surface area contributed by atoms with Gasteiger partial charge in [-0.25, -0.2) is 0 Å². The van der Waals surface area contributed by atoms with Gasteiger partial charge in [0.2, 0.25) is 17.7 Å². The Morgan fingerprint density at radius 3 is 1.43 bits per heavy atom. The summed E-state index contributed by atoms with van der Waals surface area (Å²) < 4.78 is 16.5. The first kappa shape index (κ1) is 58.6. The average molecular weight is 902 g/mol. The first-order valence-corrected chi connectivity index (χ1v) is 22.9. The Labute approximate surface area is 379 Å². The second-order valence-corrected chi connectivity index (χ2v) is 23.4. The van der Waals surface area contributed by atoms with Crippen molar-refractivity contribution in [3.05, 3.63) is 0 Å². The summed E-state index contributed by atoms with van der Waals surface area (Å²) in [6.07, 6.45) is -5.01. The van der Waals surface area contributed by atoms with Gasteiger partial charge in [-0.05, 0) is 58.2 Å². The molecule has 0 aliphatic carbocycles. The maximum absolute atomic E-state index is 14.8. The van der Waals surface area contributed by atoms with E-state index in [-0.39, 0.29) is 68.6 Å². The quantitative estimate of drug-likeness (QED) is 0.0479. The molecule has 0 bridgehead atoms. The van der Waals surface area contributed by atoms with Crippen molar-refractivity contribution in [2.45, 2.75) is 187 Å². The number of amides is 3. The molecule has 1 heterocycles. The molecule has 1 rings (SSSR count). The summed E-state index contributed by atoms with van der Waals surface area (Å²) in [7, 11) is 0. The third-order valence-electron chi connectivity index (χ3n) is 15.8. The van der Waals surface area contributed by atoms with Crippen LogP contribution in [0.1, 0.15) is 157 Å². The normalized spacial score (nSPS) is 23.4. The minimum Gasteiger partial charge on any atom is -0.464 e. The fourth-order valence-electron chi connectivity index (χ4n) is 9.53. The van der Waals surface area contributed by atoms with E-state index in [1.165, 1.54) is 0 Å². The van der Waals surface area contributed by atoms with Crippen LogP contribution in [0.3, 0.4) is 0 Å². The van der Waals surface area contributed by atoms with Crippen LogP contribution in [-0.4, -0.2) is 126 Å². The minimum atomic E-state index is -1.59. The number of esters is 1. The molecule has 1 saturated heterocycles. The lowest BCUT2D eigenvalue weighted by atomic mass is 9.43. The number of hydrogen-bond donors (Lipinski definition) is 8. The van der Waals surface area contributed by atoms with Crippen LogP contribution in [0.15, 0.2) is 0 Å². The van der Waals surface area contributed by atoms with Crippen LogP contribution in [0.2, 0.25) is 0 Å². The third-order valence-corrected chi connectivity index (χ3v) is 15.8. The Balaban J connectivity index is 3.67. The molecule has 15 heteroatoms. The van der Waals surface area contributed by atoms with Crippen LogP contribution in [0.4, 0.5) is 0 Å². The highest BCUT2D eigenvalue weighted by atomic mass is 16.7. The van der Waals surface area contributed by atoms with Crippen LogP contribution in [0.25, 0.3) is 0 Å². The van der Waals surface area contributed by atoms with E-state index >= 15 is 0 Å². The summed E-state index contributed by atoms with van der Waals surface area (Å²) in [6, 6.07) is 0. The molecule has 8 atom stereocenters. The molecule has 0 aromatic rings. The molecule has 1 aliphatic heterocycles. The Hall–Kier alpha value is -2.40. The van der Waals surface area contributed by atoms with Gasteiger partial charge in [-0.2, -0.15) is 0 Å². The zero-order valence-corrected chi connectivity index (χ0v) is 42.5. The highest BCUT2D eigenvalue weighted by Crippen LogP contribution is 2.65. The standard InChI is InChI=1S/C48H91N3O12/c1-19-20-32(54)61-25-22-50-37(58)46(16,41(5,6)7)29-42(8,9)45(14,15)48(18,39(60)49-21-24-52)30-43(10,11)44(12,13)47(17,28-40(2,3)4)38(59)51-23-26-62-36-35(57)34(56)33(55)31(27-53)63-36/h31,33-36,52-53,55-57H,19-30H2,1-18H3,(H,49,60)(H,50,58)(H,51,59). The smallest absolute Gasteiger partial charge is 0.305 e. The molecule has 370 valence electrons. The lowest BCUT2D eigenvalue weighted by Crippen LogP contribution is -2.61. The van der Waals surface area contributed by atoms with Gasteiger partial charge in [-0.15, -0.1) is 0 Å². The number of ether oxygens (including phenoxy) is 3. The second-order valence-electron chi connectivity index (χ2n) is 23.4. The molecule has 0 aromatic heterocycles. The maximum Gasteiger partial charge on any atom is 0.305 e. The largest absolute Gasteiger partial charge is 0.464 e. The van der Waals surface area contributed by atoms with Crippen LogP contribution in [0, 0.1) is 48.7 Å². The van der Waals surface area contributed by atoms with Gasteiger partial charge in [0, 0.05) is 19.5 Å². The highest BCUT2D eigenvalue weighted by Gasteiger charge is 2.63. The number of nitrogens with one attached hydrogen (secondary N) is 3. The summed E-state index contributed by atoms with van der Waals surface area (Å²) >= 11 is 0. The maximum atomic E-state index is 14.8. The topological polar surface area (TPSA) is 233 Å². The van der Waals surface area contributed by atoms with E-state index in [0.29, 0.717) is 32.1 Å². The minimum absolute atomic E-state index is 0.0245. The van der Waals surface area contributed by atoms with Crippen molar-refractivity contribution in [1.29, 1.82) is 0 Å². The molecule has 1 fully saturated rings. The number of aliphatic hydroxyl groups excluding tert-OH is 5. The van der Waals surface area contributed by atoms with Crippen LogP contribution < -0.4 is 16.0 Å². The second kappa shape index (κ2) is 21.9. The van der Waals surface area contributed by atoms with Crippen molar-refractivity contribution >= 4 is 23.7 Å². The molecule has 0 saturated carbocycles. The predicted octanol–water partition coefficient (Wildman–Crippen LogP) is 4.87. The van der Waals surface area contributed by atoms with Crippen molar-refractivity contribution in [1.82, 2.24) is 16.0 Å². The molecule has 1 aliphatic rings. The SMILES string of the molecule is CCCC(=O)OCCNC(=O)C(C)(CC(C)(C)C(C)(C)C(C)(CC(C)(C)C(C)(C)C(C)(CC(C)(C)C)C(=O)NCCOC1OC(CO)C(O)C(O)C1O)C(=O)NCCO)C(C)(C)C. The van der Waals surface area contributed by atoms with Crippen LogP contribution in [-0.2, 0) is 33.4 Å². The van der Waals surface area contributed by atoms with Gasteiger partial charge in [-0.1, -0.05) is 125 Å². The first-order valence-electron chi connectivity index (χ1n) is 22.9. The molecule has 15 nitrogen and oxygen atoms in total. The number of carbonyl (C=O) groups is 4. The van der Waals surface area contributed by atoms with Gasteiger partial charge >= 0.3 is 5.97 Å². The fourth-order valence-corrected chi connectivity index (χ4v) is 9.53. The average Bonchev–Trinajstić information content (AvgIpc) is 3.14. The number of hydrogen-bond acceptors (Lipinski definition) is 12. The van der Waals surface area contributed by atoms with Crippen molar-refractivity contribution in [3.8, 4) is 0 Å². The molecule has 8 unspecified atom stereocenters. The Kier molecular flexibility index (Phi) is 20.4. The van der Waals surface area contributed by atoms with Crippen molar-refractivity contribution in [3.63, 3.8) is 0 Å². The first-order chi connectivity index (χ1) is 28.4. The number of rotatable bonds is 24. The Morgan fingerprint density at radius 2 is 1.00 bits per heavy atom. The van der Waals surface area contributed by atoms with E-state index in [1.54, 1.807) is 0 Å². The Bertz CT molecular complexity index is 1520. The van der Waals surface area contributed by atoms with Gasteiger partial charge in [0.05, 0.1) is 42.6 Å². The van der Waals surface area contributed by atoms with Crippen molar-refractivity contribution in [2.24, 2.45) is 48.7 Å². The van der Waals surface area contributed by atoms with E-state index in [1.807, 2.05) is 48.5 Å². The summed E-state index contributed by atoms with van der Waals surface area (Å²) in [5.41, 5.74) is -6.97. The molecular weight excluding hydrogens is 811 g/mol. The van der Waals surface area contributed by atoms with E-state index in [2.05, 4.69) is 92.1 Å². The molecule has 3 amide bonds. The molecule has 63 heavy (non-hydrogen) atoms. The van der Waals surface area contributed by atoms with Crippen molar-refractivity contribution in [2.75, 3.05) is 46.1 Å². The molecule has 0 radical (unpaired) electrons. The van der Waals surface area contributed by atoms with E-state index in [0.717, 1.165) is 0 Å². The fraction of sp³-hybridized carbons (Fsp3) is 0.917. The van der Waals surface area contributed by atoms with Gasteiger partial charge in [0.25, 0.3) is 0 Å². The van der Waals surface area contributed by atoms with Gasteiger partial charge in [0.15, 0.2) is 6.29 Å². The number of aliphatic hydroxyl groups is 5. The third kappa shape index (κ3) is 13.4. The van der Waals surface area contributed by atoms with E-state index in [9.17, 15) is 44.7 Å². The monoisotopic (exact) mass is 902 g/mol. The molecule has 0 spiro atoms. The summed E-state index contributed by atoms with van der Waals surface area (Å²) in [5.74, 6) is -0.981. The summed E-state index contributed by atoms with van der Waals surface area (Å²) in [5, 5.41) is 59.3. The van der Waals surface area contributed by atoms with Crippen LogP contribution >= 0.6 is 0 Å². The molecule has 0 aromatic carbocycles. The Morgan fingerprint density at radius 1 is 0.571 bits per heavy atom. The van der Waals surface area contributed by atoms with Gasteiger partial charge < -0.3 is 55.7 Å². The highest BCUT2D eigenvalue weighted by molar-refractivity contribution is 5.85. The van der Waals surface area contributed by atoms with Crippen molar-refractivity contribution < 1.29 is 58.9 Å². The molecular formula is C48H91N3O12. The lowest BCUT2D eigenvalue weighted by molar-refractivity contribution is -0.300. The number of carbonyl (C=O) groups excluding carboxylic acids is 4. The lowest BCUT2D eigenvalue weighted by Gasteiger charge is -2.61. The van der Waals surface area contributed by atoms with Gasteiger partial charge in [-0.3, -0.25) is 19.2 Å². The van der Waals surface area contributed by atoms with E-state index < -0.39 is 80.6 Å². The molecule has 8 N–H and O–H groups in total.